The van der Waals surface area contributed by atoms with Crippen LogP contribution >= 0.6 is 11.3 Å². The summed E-state index contributed by atoms with van der Waals surface area (Å²) in [5.74, 6) is -0.390. The van der Waals surface area contributed by atoms with Crippen LogP contribution in [0.2, 0.25) is 0 Å². The molecule has 2 aromatic heterocycles. The fraction of sp³-hybridized carbons (Fsp3) is 0.500. The molecule has 0 saturated carbocycles. The van der Waals surface area contributed by atoms with Gasteiger partial charge >= 0.3 is 5.97 Å². The minimum absolute atomic E-state index is 0.437. The molecule has 0 spiro atoms. The number of thiazole rings is 1. The number of carbonyl (C=O) groups is 1. The number of aliphatic carboxylic acids is 1. The third-order valence-electron chi connectivity index (χ3n) is 3.81. The molecule has 0 aromatic carbocycles. The Bertz CT molecular complexity index is 640. The SMILES string of the molecule is Cc1noc(C)c1Cc1nc2c(s1)CCCC2C(=O)O. The first-order valence-corrected chi connectivity index (χ1v) is 7.51. The first kappa shape index (κ1) is 13.3. The average Bonchev–Trinajstić information content (AvgIpc) is 2.95. The van der Waals surface area contributed by atoms with E-state index in [-0.39, 0.29) is 0 Å². The third kappa shape index (κ3) is 2.24. The predicted molar refractivity (Wildman–Crippen MR) is 74.2 cm³/mol. The van der Waals surface area contributed by atoms with Crippen molar-refractivity contribution in [2.75, 3.05) is 0 Å². The van der Waals surface area contributed by atoms with Crippen LogP contribution in [-0.4, -0.2) is 21.2 Å². The highest BCUT2D eigenvalue weighted by Crippen LogP contribution is 2.35. The second-order valence-electron chi connectivity index (χ2n) is 5.18. The van der Waals surface area contributed by atoms with Crippen LogP contribution in [-0.2, 0) is 17.6 Å². The topological polar surface area (TPSA) is 76.2 Å². The molecule has 3 rings (SSSR count). The quantitative estimate of drug-likeness (QED) is 0.941. The van der Waals surface area contributed by atoms with Gasteiger partial charge in [0.05, 0.1) is 22.3 Å². The summed E-state index contributed by atoms with van der Waals surface area (Å²) < 4.78 is 5.16. The van der Waals surface area contributed by atoms with Crippen LogP contribution in [0.4, 0.5) is 0 Å². The molecule has 1 unspecified atom stereocenters. The lowest BCUT2D eigenvalue weighted by Crippen LogP contribution is -2.17. The number of nitrogens with zero attached hydrogens (tertiary/aromatic N) is 2. The second-order valence-corrected chi connectivity index (χ2v) is 6.35. The molecule has 0 fully saturated rings. The van der Waals surface area contributed by atoms with Crippen LogP contribution < -0.4 is 0 Å². The third-order valence-corrected chi connectivity index (χ3v) is 4.94. The molecular weight excluding hydrogens is 276 g/mol. The van der Waals surface area contributed by atoms with Gasteiger partial charge in [0.2, 0.25) is 0 Å². The number of rotatable bonds is 3. The highest BCUT2D eigenvalue weighted by molar-refractivity contribution is 7.11. The molecule has 20 heavy (non-hydrogen) atoms. The van der Waals surface area contributed by atoms with E-state index >= 15 is 0 Å². The summed E-state index contributed by atoms with van der Waals surface area (Å²) in [5.41, 5.74) is 2.71. The Kier molecular flexibility index (Phi) is 3.33. The van der Waals surface area contributed by atoms with E-state index < -0.39 is 11.9 Å². The van der Waals surface area contributed by atoms with Crippen LogP contribution in [0.25, 0.3) is 0 Å². The minimum Gasteiger partial charge on any atom is -0.481 e. The zero-order chi connectivity index (χ0) is 14.3. The lowest BCUT2D eigenvalue weighted by atomic mass is 9.91. The van der Waals surface area contributed by atoms with E-state index in [2.05, 4.69) is 10.1 Å². The molecule has 0 radical (unpaired) electrons. The summed E-state index contributed by atoms with van der Waals surface area (Å²) in [5, 5.41) is 14.2. The van der Waals surface area contributed by atoms with Gasteiger partial charge in [-0.25, -0.2) is 4.98 Å². The Labute approximate surface area is 120 Å². The van der Waals surface area contributed by atoms with E-state index in [1.54, 1.807) is 11.3 Å². The summed E-state index contributed by atoms with van der Waals surface area (Å²) in [6, 6.07) is 0. The Morgan fingerprint density at radius 1 is 1.50 bits per heavy atom. The molecule has 2 aromatic rings. The Hall–Kier alpha value is -1.69. The zero-order valence-electron chi connectivity index (χ0n) is 11.5. The van der Waals surface area contributed by atoms with E-state index in [0.29, 0.717) is 12.8 Å². The van der Waals surface area contributed by atoms with Crippen molar-refractivity contribution in [2.45, 2.75) is 45.4 Å². The molecule has 2 heterocycles. The van der Waals surface area contributed by atoms with Crippen molar-refractivity contribution in [3.63, 3.8) is 0 Å². The van der Waals surface area contributed by atoms with Gasteiger partial charge in [0.15, 0.2) is 0 Å². The number of carboxylic acid groups (broad SMARTS) is 1. The molecular formula is C14H16N2O3S. The zero-order valence-corrected chi connectivity index (χ0v) is 12.3. The van der Waals surface area contributed by atoms with Gasteiger partial charge < -0.3 is 9.63 Å². The molecule has 5 nitrogen and oxygen atoms in total. The largest absolute Gasteiger partial charge is 0.481 e. The molecule has 0 saturated heterocycles. The number of carboxylic acids is 1. The van der Waals surface area contributed by atoms with Gasteiger partial charge in [0.25, 0.3) is 0 Å². The van der Waals surface area contributed by atoms with Crippen molar-refractivity contribution in [3.05, 3.63) is 32.6 Å². The van der Waals surface area contributed by atoms with Crippen LogP contribution in [0.3, 0.4) is 0 Å². The molecule has 106 valence electrons. The van der Waals surface area contributed by atoms with Crippen molar-refractivity contribution in [3.8, 4) is 0 Å². The number of aryl methyl sites for hydroxylation is 3. The monoisotopic (exact) mass is 292 g/mol. The van der Waals surface area contributed by atoms with E-state index in [0.717, 1.165) is 45.4 Å². The van der Waals surface area contributed by atoms with Crippen LogP contribution in [0.5, 0.6) is 0 Å². The summed E-state index contributed by atoms with van der Waals surface area (Å²) >= 11 is 1.63. The van der Waals surface area contributed by atoms with Gasteiger partial charge in [-0.1, -0.05) is 5.16 Å². The first-order chi connectivity index (χ1) is 9.56. The number of fused-ring (bicyclic) bond motifs is 1. The maximum Gasteiger partial charge on any atom is 0.312 e. The lowest BCUT2D eigenvalue weighted by Gasteiger charge is -2.16. The summed E-state index contributed by atoms with van der Waals surface area (Å²) in [6.07, 6.45) is 3.23. The lowest BCUT2D eigenvalue weighted by molar-refractivity contribution is -0.139. The van der Waals surface area contributed by atoms with Gasteiger partial charge in [0.1, 0.15) is 5.76 Å². The summed E-state index contributed by atoms with van der Waals surface area (Å²) in [4.78, 5) is 17.0. The number of hydrogen-bond donors (Lipinski definition) is 1. The van der Waals surface area contributed by atoms with Crippen molar-refractivity contribution in [1.29, 1.82) is 0 Å². The Morgan fingerprint density at radius 2 is 2.30 bits per heavy atom. The smallest absolute Gasteiger partial charge is 0.312 e. The van der Waals surface area contributed by atoms with E-state index in [4.69, 9.17) is 4.52 Å². The standard InChI is InChI=1S/C14H16N2O3S/c1-7-10(8(2)19-16-7)6-12-15-13-9(14(17)18)4-3-5-11(13)20-12/h9H,3-6H2,1-2H3,(H,17,18). The van der Waals surface area contributed by atoms with Crippen LogP contribution in [0.15, 0.2) is 4.52 Å². The Morgan fingerprint density at radius 3 is 2.95 bits per heavy atom. The van der Waals surface area contributed by atoms with Gasteiger partial charge in [-0.3, -0.25) is 4.79 Å². The van der Waals surface area contributed by atoms with E-state index in [1.165, 1.54) is 0 Å². The predicted octanol–water partition coefficient (Wildman–Crippen LogP) is 2.84. The Balaban J connectivity index is 1.92. The summed E-state index contributed by atoms with van der Waals surface area (Å²) in [7, 11) is 0. The maximum absolute atomic E-state index is 11.3. The molecule has 0 aliphatic heterocycles. The highest BCUT2D eigenvalue weighted by Gasteiger charge is 2.30. The normalized spacial score (nSPS) is 18.0. The molecule has 0 amide bonds. The van der Waals surface area contributed by atoms with Crippen molar-refractivity contribution in [2.24, 2.45) is 0 Å². The van der Waals surface area contributed by atoms with Crippen molar-refractivity contribution < 1.29 is 14.4 Å². The van der Waals surface area contributed by atoms with Crippen LogP contribution in [0.1, 0.15) is 51.4 Å². The molecule has 1 N–H and O–H groups in total. The fourth-order valence-electron chi connectivity index (χ4n) is 2.69. The van der Waals surface area contributed by atoms with Gasteiger partial charge in [-0.2, -0.15) is 0 Å². The van der Waals surface area contributed by atoms with E-state index in [9.17, 15) is 9.90 Å². The van der Waals surface area contributed by atoms with Gasteiger partial charge in [-0.05, 0) is 33.1 Å². The minimum atomic E-state index is -0.764. The fourth-order valence-corrected chi connectivity index (χ4v) is 3.87. The van der Waals surface area contributed by atoms with Crippen LogP contribution in [0, 0.1) is 13.8 Å². The summed E-state index contributed by atoms with van der Waals surface area (Å²) in [6.45, 7) is 3.81. The molecule has 6 heteroatoms. The van der Waals surface area contributed by atoms with Crippen molar-refractivity contribution >= 4 is 17.3 Å². The average molecular weight is 292 g/mol. The first-order valence-electron chi connectivity index (χ1n) is 6.69. The van der Waals surface area contributed by atoms with Gasteiger partial charge in [0, 0.05) is 16.9 Å². The molecule has 1 aliphatic carbocycles. The maximum atomic E-state index is 11.3. The van der Waals surface area contributed by atoms with Crippen molar-refractivity contribution in [1.82, 2.24) is 10.1 Å². The second kappa shape index (κ2) is 5.01. The van der Waals surface area contributed by atoms with E-state index in [1.807, 2.05) is 13.8 Å². The molecule has 0 bridgehead atoms. The number of aromatic nitrogens is 2. The number of hydrogen-bond acceptors (Lipinski definition) is 5. The molecule has 1 aliphatic rings. The highest BCUT2D eigenvalue weighted by atomic mass is 32.1. The van der Waals surface area contributed by atoms with Gasteiger partial charge in [-0.15, -0.1) is 11.3 Å². The molecule has 1 atom stereocenters.